The molecule has 0 bridgehead atoms. The first-order valence-electron chi connectivity index (χ1n) is 2.12. The molecular formula is C3H5F3O3S. The Morgan fingerprint density at radius 3 is 1.90 bits per heavy atom. The Hall–Kier alpha value is -0.300. The predicted octanol–water partition coefficient (Wildman–Crippen LogP) is 0.525. The summed E-state index contributed by atoms with van der Waals surface area (Å²) in [6.45, 7) is 0. The molecule has 0 aliphatic carbocycles. The van der Waals surface area contributed by atoms with Gasteiger partial charge in [-0.25, -0.2) is 0 Å². The second-order valence-corrected chi connectivity index (χ2v) is 3.22. The average Bonchev–Trinajstić information content (AvgIpc) is 1.60. The smallest absolute Gasteiger partial charge is 0.273 e. The molecule has 0 aromatic rings. The van der Waals surface area contributed by atoms with Crippen molar-refractivity contribution in [3.63, 3.8) is 0 Å². The molecule has 0 aromatic heterocycles. The van der Waals surface area contributed by atoms with Gasteiger partial charge in [0.05, 0.1) is 7.11 Å². The molecule has 0 aromatic carbocycles. The van der Waals surface area contributed by atoms with Crippen molar-refractivity contribution in [3.8, 4) is 0 Å². The van der Waals surface area contributed by atoms with Gasteiger partial charge in [-0.3, -0.25) is 4.18 Å². The van der Waals surface area contributed by atoms with Gasteiger partial charge in [-0.2, -0.15) is 21.6 Å². The van der Waals surface area contributed by atoms with Crippen molar-refractivity contribution in [2.45, 2.75) is 6.18 Å². The van der Waals surface area contributed by atoms with Gasteiger partial charge in [-0.05, 0) is 0 Å². The summed E-state index contributed by atoms with van der Waals surface area (Å²) in [4.78, 5) is 0. The number of alkyl halides is 3. The largest absolute Gasteiger partial charge is 0.405 e. The normalized spacial score (nSPS) is 13.6. The Labute approximate surface area is 55.9 Å². The predicted molar refractivity (Wildman–Crippen MR) is 26.9 cm³/mol. The molecule has 0 rings (SSSR count). The van der Waals surface area contributed by atoms with Gasteiger partial charge in [-0.15, -0.1) is 0 Å². The number of rotatable bonds is 2. The highest BCUT2D eigenvalue weighted by Gasteiger charge is 2.35. The van der Waals surface area contributed by atoms with Crippen LogP contribution in [0.25, 0.3) is 0 Å². The van der Waals surface area contributed by atoms with E-state index in [0.29, 0.717) is 7.11 Å². The van der Waals surface area contributed by atoms with Crippen molar-refractivity contribution in [2.24, 2.45) is 0 Å². The van der Waals surface area contributed by atoms with Crippen molar-refractivity contribution in [1.29, 1.82) is 0 Å². The second-order valence-electron chi connectivity index (χ2n) is 1.48. The third-order valence-electron chi connectivity index (χ3n) is 0.594. The van der Waals surface area contributed by atoms with Crippen LogP contribution in [0.5, 0.6) is 0 Å². The summed E-state index contributed by atoms with van der Waals surface area (Å²) < 4.78 is 57.5. The van der Waals surface area contributed by atoms with Crippen LogP contribution in [0.1, 0.15) is 0 Å². The molecule has 0 saturated heterocycles. The van der Waals surface area contributed by atoms with Crippen molar-refractivity contribution in [2.75, 3.05) is 12.9 Å². The lowest BCUT2D eigenvalue weighted by molar-refractivity contribution is -0.107. The molecule has 7 heteroatoms. The minimum Gasteiger partial charge on any atom is -0.273 e. The number of hydrogen-bond acceptors (Lipinski definition) is 3. The van der Waals surface area contributed by atoms with Crippen LogP contribution in [-0.2, 0) is 14.3 Å². The first-order chi connectivity index (χ1) is 4.27. The molecule has 3 nitrogen and oxygen atoms in total. The molecule has 0 amide bonds. The minimum atomic E-state index is -4.73. The van der Waals surface area contributed by atoms with E-state index in [4.69, 9.17) is 0 Å². The van der Waals surface area contributed by atoms with Gasteiger partial charge in [0.15, 0.2) is 5.75 Å². The van der Waals surface area contributed by atoms with Crippen LogP contribution in [0.3, 0.4) is 0 Å². The van der Waals surface area contributed by atoms with E-state index < -0.39 is 22.0 Å². The fraction of sp³-hybridized carbons (Fsp3) is 1.00. The molecule has 0 heterocycles. The van der Waals surface area contributed by atoms with Gasteiger partial charge in [0.2, 0.25) is 0 Å². The van der Waals surface area contributed by atoms with Crippen LogP contribution in [0.4, 0.5) is 13.2 Å². The fourth-order valence-electron chi connectivity index (χ4n) is 0.259. The van der Waals surface area contributed by atoms with Gasteiger partial charge in [0.25, 0.3) is 10.1 Å². The zero-order valence-corrected chi connectivity index (χ0v) is 5.79. The molecule has 0 unspecified atom stereocenters. The molecule has 0 aliphatic rings. The highest BCUT2D eigenvalue weighted by atomic mass is 32.2. The minimum absolute atomic E-state index is 0.682. The SMILES string of the molecule is COS(=O)(=O)CC(F)(F)F. The fourth-order valence-corrected chi connectivity index (χ4v) is 0.778. The molecule has 0 radical (unpaired) electrons. The first-order valence-corrected chi connectivity index (χ1v) is 3.69. The molecule has 0 spiro atoms. The third-order valence-corrected chi connectivity index (χ3v) is 1.78. The topological polar surface area (TPSA) is 43.4 Å². The highest BCUT2D eigenvalue weighted by Crippen LogP contribution is 2.17. The number of hydrogen-bond donors (Lipinski definition) is 0. The lowest BCUT2D eigenvalue weighted by Crippen LogP contribution is -2.23. The lowest BCUT2D eigenvalue weighted by Gasteiger charge is -2.03. The second kappa shape index (κ2) is 2.75. The average molecular weight is 178 g/mol. The maximum absolute atomic E-state index is 11.3. The van der Waals surface area contributed by atoms with E-state index in [2.05, 4.69) is 4.18 Å². The van der Waals surface area contributed by atoms with Crippen LogP contribution in [0, 0.1) is 0 Å². The van der Waals surface area contributed by atoms with Crippen molar-refractivity contribution in [3.05, 3.63) is 0 Å². The molecule has 0 saturated carbocycles. The van der Waals surface area contributed by atoms with E-state index in [0.717, 1.165) is 0 Å². The number of halogens is 3. The van der Waals surface area contributed by atoms with E-state index >= 15 is 0 Å². The van der Waals surface area contributed by atoms with Crippen LogP contribution in [0.2, 0.25) is 0 Å². The van der Waals surface area contributed by atoms with Gasteiger partial charge in [0, 0.05) is 0 Å². The van der Waals surface area contributed by atoms with Gasteiger partial charge in [-0.1, -0.05) is 0 Å². The molecule has 0 atom stereocenters. The van der Waals surface area contributed by atoms with E-state index in [9.17, 15) is 21.6 Å². The summed E-state index contributed by atoms with van der Waals surface area (Å²) in [6, 6.07) is 0. The summed E-state index contributed by atoms with van der Waals surface area (Å²) >= 11 is 0. The van der Waals surface area contributed by atoms with E-state index in [-0.39, 0.29) is 0 Å². The zero-order valence-electron chi connectivity index (χ0n) is 4.97. The summed E-state index contributed by atoms with van der Waals surface area (Å²) in [5.74, 6) is -1.93. The van der Waals surface area contributed by atoms with Gasteiger partial charge in [0.1, 0.15) is 0 Å². The molecule has 0 aliphatic heterocycles. The summed E-state index contributed by atoms with van der Waals surface area (Å²) in [5, 5.41) is 0. The van der Waals surface area contributed by atoms with Gasteiger partial charge >= 0.3 is 6.18 Å². The van der Waals surface area contributed by atoms with E-state index in [1.807, 2.05) is 0 Å². The summed E-state index contributed by atoms with van der Waals surface area (Å²) in [6.07, 6.45) is -4.73. The van der Waals surface area contributed by atoms with Crippen LogP contribution >= 0.6 is 0 Å². The molecule has 10 heavy (non-hydrogen) atoms. The highest BCUT2D eigenvalue weighted by molar-refractivity contribution is 7.86. The Morgan fingerprint density at radius 2 is 1.80 bits per heavy atom. The Bertz CT molecular complexity index is 192. The van der Waals surface area contributed by atoms with Crippen molar-refractivity contribution >= 4 is 10.1 Å². The van der Waals surface area contributed by atoms with Crippen molar-refractivity contribution in [1.82, 2.24) is 0 Å². The molecule has 62 valence electrons. The lowest BCUT2D eigenvalue weighted by atomic mass is 10.8. The first kappa shape index (κ1) is 9.70. The Kier molecular flexibility index (Phi) is 2.67. The maximum Gasteiger partial charge on any atom is 0.405 e. The molecule has 0 N–H and O–H groups in total. The van der Waals surface area contributed by atoms with Crippen molar-refractivity contribution < 1.29 is 25.8 Å². The Morgan fingerprint density at radius 1 is 1.40 bits per heavy atom. The van der Waals surface area contributed by atoms with Gasteiger partial charge < -0.3 is 0 Å². The summed E-state index contributed by atoms with van der Waals surface area (Å²) in [5.41, 5.74) is 0. The molecular weight excluding hydrogens is 173 g/mol. The van der Waals surface area contributed by atoms with Crippen LogP contribution in [0.15, 0.2) is 0 Å². The van der Waals surface area contributed by atoms with Crippen LogP contribution < -0.4 is 0 Å². The summed E-state index contributed by atoms with van der Waals surface area (Å²) in [7, 11) is -3.72. The van der Waals surface area contributed by atoms with E-state index in [1.54, 1.807) is 0 Å². The maximum atomic E-state index is 11.3. The molecule has 0 fully saturated rings. The van der Waals surface area contributed by atoms with E-state index in [1.165, 1.54) is 0 Å². The quantitative estimate of drug-likeness (QED) is 0.579. The monoisotopic (exact) mass is 178 g/mol. The zero-order chi connectivity index (χ0) is 8.41. The van der Waals surface area contributed by atoms with Crippen LogP contribution in [-0.4, -0.2) is 27.5 Å². The third kappa shape index (κ3) is 4.57. The Balaban J connectivity index is 4.18. The standard InChI is InChI=1S/C3H5F3O3S/c1-9-10(7,8)2-3(4,5)6/h2H2,1H3.